The van der Waals surface area contributed by atoms with Gasteiger partial charge in [-0.05, 0) is 30.3 Å². The SMILES string of the molecule is CC(C)C(=O)N(CC(=O)N1CC(=O)N(c2cccc(Cl)c2)C1)Cc1ccco1. The van der Waals surface area contributed by atoms with Gasteiger partial charge in [-0.15, -0.1) is 0 Å². The number of carbonyl (C=O) groups is 3. The summed E-state index contributed by atoms with van der Waals surface area (Å²) in [6, 6.07) is 10.4. The van der Waals surface area contributed by atoms with E-state index in [9.17, 15) is 14.4 Å². The number of furan rings is 1. The van der Waals surface area contributed by atoms with E-state index >= 15 is 0 Å². The second-order valence-electron chi connectivity index (χ2n) is 6.96. The zero-order valence-electron chi connectivity index (χ0n) is 15.8. The molecule has 1 aromatic carbocycles. The summed E-state index contributed by atoms with van der Waals surface area (Å²) in [5, 5.41) is 0.516. The summed E-state index contributed by atoms with van der Waals surface area (Å²) in [6.45, 7) is 3.74. The molecule has 28 heavy (non-hydrogen) atoms. The van der Waals surface area contributed by atoms with E-state index in [0.29, 0.717) is 16.5 Å². The van der Waals surface area contributed by atoms with Gasteiger partial charge < -0.3 is 14.2 Å². The number of hydrogen-bond donors (Lipinski definition) is 0. The lowest BCUT2D eigenvalue weighted by Crippen LogP contribution is -2.43. The molecule has 0 bridgehead atoms. The van der Waals surface area contributed by atoms with Gasteiger partial charge in [0.05, 0.1) is 12.8 Å². The maximum absolute atomic E-state index is 12.8. The van der Waals surface area contributed by atoms with Crippen molar-refractivity contribution in [1.29, 1.82) is 0 Å². The summed E-state index contributed by atoms with van der Waals surface area (Å²) >= 11 is 6.00. The molecule has 0 unspecified atom stereocenters. The molecule has 3 amide bonds. The smallest absolute Gasteiger partial charge is 0.248 e. The Bertz CT molecular complexity index is 866. The molecule has 1 aliphatic heterocycles. The summed E-state index contributed by atoms with van der Waals surface area (Å²) in [5.41, 5.74) is 0.637. The molecule has 1 saturated heterocycles. The molecule has 1 aromatic heterocycles. The van der Waals surface area contributed by atoms with Crippen LogP contribution in [0.5, 0.6) is 0 Å². The van der Waals surface area contributed by atoms with Gasteiger partial charge in [-0.2, -0.15) is 0 Å². The number of halogens is 1. The lowest BCUT2D eigenvalue weighted by Gasteiger charge is -2.25. The minimum absolute atomic E-state index is 0.0319. The quantitative estimate of drug-likeness (QED) is 0.743. The summed E-state index contributed by atoms with van der Waals surface area (Å²) in [6.07, 6.45) is 1.52. The molecule has 1 aliphatic rings. The van der Waals surface area contributed by atoms with Crippen LogP contribution >= 0.6 is 11.6 Å². The van der Waals surface area contributed by atoms with Crippen LogP contribution in [0.25, 0.3) is 0 Å². The first kappa shape index (κ1) is 19.9. The Hall–Kier alpha value is -2.80. The third kappa shape index (κ3) is 4.54. The Morgan fingerprint density at radius 3 is 2.68 bits per heavy atom. The lowest BCUT2D eigenvalue weighted by molar-refractivity contribution is -0.142. The summed E-state index contributed by atoms with van der Waals surface area (Å²) in [7, 11) is 0. The standard InChI is InChI=1S/C20H22ClN3O4/c1-14(2)20(27)22(10-17-7-4-8-28-17)11-18(25)23-12-19(26)24(13-23)16-6-3-5-15(21)9-16/h3-9,14H,10-13H2,1-2H3. The molecule has 1 fully saturated rings. The Morgan fingerprint density at radius 1 is 1.25 bits per heavy atom. The van der Waals surface area contributed by atoms with E-state index in [2.05, 4.69) is 0 Å². The Morgan fingerprint density at radius 2 is 2.04 bits per heavy atom. The third-order valence-corrected chi connectivity index (χ3v) is 4.71. The molecule has 3 rings (SSSR count). The highest BCUT2D eigenvalue weighted by atomic mass is 35.5. The predicted octanol–water partition coefficient (Wildman–Crippen LogP) is 2.75. The molecule has 148 valence electrons. The summed E-state index contributed by atoms with van der Waals surface area (Å²) in [5.74, 6) is -0.297. The van der Waals surface area contributed by atoms with E-state index in [-0.39, 0.29) is 49.9 Å². The van der Waals surface area contributed by atoms with E-state index in [0.717, 1.165) is 0 Å². The second kappa shape index (κ2) is 8.48. The summed E-state index contributed by atoms with van der Waals surface area (Å²) < 4.78 is 5.31. The first-order valence-corrected chi connectivity index (χ1v) is 9.38. The van der Waals surface area contributed by atoms with Crippen LogP contribution in [0.2, 0.25) is 5.02 Å². The van der Waals surface area contributed by atoms with Gasteiger partial charge in [-0.3, -0.25) is 19.3 Å². The monoisotopic (exact) mass is 403 g/mol. The first-order chi connectivity index (χ1) is 13.3. The lowest BCUT2D eigenvalue weighted by atomic mass is 10.2. The van der Waals surface area contributed by atoms with E-state index in [1.807, 2.05) is 0 Å². The van der Waals surface area contributed by atoms with Crippen LogP contribution in [-0.2, 0) is 20.9 Å². The molecule has 0 saturated carbocycles. The summed E-state index contributed by atoms with van der Waals surface area (Å²) in [4.78, 5) is 42.1. The van der Waals surface area contributed by atoms with Crippen molar-refractivity contribution in [1.82, 2.24) is 9.80 Å². The van der Waals surface area contributed by atoms with E-state index in [4.69, 9.17) is 16.0 Å². The van der Waals surface area contributed by atoms with Crippen molar-refractivity contribution < 1.29 is 18.8 Å². The predicted molar refractivity (Wildman–Crippen MR) is 104 cm³/mol. The molecule has 0 spiro atoms. The number of benzene rings is 1. The fourth-order valence-electron chi connectivity index (χ4n) is 3.02. The fraction of sp³-hybridized carbons (Fsp3) is 0.350. The average Bonchev–Trinajstić information content (AvgIpc) is 3.30. The molecule has 8 heteroatoms. The normalized spacial score (nSPS) is 14.1. The Kier molecular flexibility index (Phi) is 6.04. The van der Waals surface area contributed by atoms with Crippen LogP contribution in [-0.4, -0.2) is 47.3 Å². The molecule has 7 nitrogen and oxygen atoms in total. The molecule has 0 radical (unpaired) electrons. The van der Waals surface area contributed by atoms with Crippen molar-refractivity contribution in [2.75, 3.05) is 24.7 Å². The zero-order chi connectivity index (χ0) is 20.3. The van der Waals surface area contributed by atoms with E-state index < -0.39 is 0 Å². The van der Waals surface area contributed by atoms with Crippen LogP contribution < -0.4 is 4.90 Å². The molecular formula is C20H22ClN3O4. The van der Waals surface area contributed by atoms with Gasteiger partial charge in [0.15, 0.2) is 0 Å². The number of carbonyl (C=O) groups excluding carboxylic acids is 3. The van der Waals surface area contributed by atoms with E-state index in [1.165, 1.54) is 21.0 Å². The highest BCUT2D eigenvalue weighted by molar-refractivity contribution is 6.31. The maximum atomic E-state index is 12.8. The minimum atomic E-state index is -0.293. The van der Waals surface area contributed by atoms with Crippen molar-refractivity contribution in [3.63, 3.8) is 0 Å². The van der Waals surface area contributed by atoms with Gasteiger partial charge in [0.2, 0.25) is 17.7 Å². The highest BCUT2D eigenvalue weighted by Gasteiger charge is 2.33. The highest BCUT2D eigenvalue weighted by Crippen LogP contribution is 2.23. The molecule has 0 aliphatic carbocycles. The molecule has 0 atom stereocenters. The fourth-order valence-corrected chi connectivity index (χ4v) is 3.20. The second-order valence-corrected chi connectivity index (χ2v) is 7.40. The van der Waals surface area contributed by atoms with E-state index in [1.54, 1.807) is 50.2 Å². The largest absolute Gasteiger partial charge is 0.467 e. The molecule has 0 N–H and O–H groups in total. The van der Waals surface area contributed by atoms with Crippen molar-refractivity contribution in [3.05, 3.63) is 53.4 Å². The average molecular weight is 404 g/mol. The minimum Gasteiger partial charge on any atom is -0.467 e. The molecule has 2 aromatic rings. The van der Waals surface area contributed by atoms with Crippen molar-refractivity contribution in [3.8, 4) is 0 Å². The van der Waals surface area contributed by atoms with Gasteiger partial charge in [-0.25, -0.2) is 0 Å². The number of amides is 3. The third-order valence-electron chi connectivity index (χ3n) is 4.47. The number of rotatable bonds is 6. The van der Waals surface area contributed by atoms with Crippen molar-refractivity contribution >= 4 is 35.0 Å². The Balaban J connectivity index is 1.69. The van der Waals surface area contributed by atoms with Crippen LogP contribution in [0.3, 0.4) is 0 Å². The van der Waals surface area contributed by atoms with Gasteiger partial charge >= 0.3 is 0 Å². The first-order valence-electron chi connectivity index (χ1n) is 9.00. The topological polar surface area (TPSA) is 74.1 Å². The maximum Gasteiger partial charge on any atom is 0.248 e. The Labute approximate surface area is 168 Å². The number of hydrogen-bond acceptors (Lipinski definition) is 4. The number of anilines is 1. The molecular weight excluding hydrogens is 382 g/mol. The van der Waals surface area contributed by atoms with Gasteiger partial charge in [0, 0.05) is 16.6 Å². The van der Waals surface area contributed by atoms with Crippen LogP contribution in [0.1, 0.15) is 19.6 Å². The molecule has 2 heterocycles. The van der Waals surface area contributed by atoms with Crippen molar-refractivity contribution in [2.45, 2.75) is 20.4 Å². The van der Waals surface area contributed by atoms with Gasteiger partial charge in [0.25, 0.3) is 0 Å². The number of nitrogens with zero attached hydrogens (tertiary/aromatic N) is 3. The van der Waals surface area contributed by atoms with Crippen molar-refractivity contribution in [2.24, 2.45) is 5.92 Å². The van der Waals surface area contributed by atoms with Gasteiger partial charge in [-0.1, -0.05) is 31.5 Å². The zero-order valence-corrected chi connectivity index (χ0v) is 16.6. The van der Waals surface area contributed by atoms with Crippen LogP contribution in [0.15, 0.2) is 47.1 Å². The van der Waals surface area contributed by atoms with Gasteiger partial charge in [0.1, 0.15) is 25.5 Å². The van der Waals surface area contributed by atoms with Crippen LogP contribution in [0.4, 0.5) is 5.69 Å². The van der Waals surface area contributed by atoms with Crippen LogP contribution in [0, 0.1) is 5.92 Å².